The van der Waals surface area contributed by atoms with Crippen molar-refractivity contribution in [2.24, 2.45) is 0 Å². The SMILES string of the molecule is N#C/C(=C/c1cccc(OCc2ccc(Cl)cc2)c1)C(=O)Nc1ccc(OCc2ccccc2)cc1. The van der Waals surface area contributed by atoms with Crippen molar-refractivity contribution in [3.8, 4) is 17.6 Å². The normalized spacial score (nSPS) is 10.8. The van der Waals surface area contributed by atoms with Crippen molar-refractivity contribution in [1.82, 2.24) is 0 Å². The van der Waals surface area contributed by atoms with Crippen molar-refractivity contribution in [2.75, 3.05) is 5.32 Å². The van der Waals surface area contributed by atoms with Gasteiger partial charge in [0.05, 0.1) is 0 Å². The summed E-state index contributed by atoms with van der Waals surface area (Å²) in [7, 11) is 0. The number of anilines is 1. The summed E-state index contributed by atoms with van der Waals surface area (Å²) in [5.41, 5.74) is 3.27. The number of nitrogens with one attached hydrogen (secondary N) is 1. The van der Waals surface area contributed by atoms with Gasteiger partial charge in [0.25, 0.3) is 5.91 Å². The minimum atomic E-state index is -0.497. The largest absolute Gasteiger partial charge is 0.489 e. The maximum absolute atomic E-state index is 12.7. The summed E-state index contributed by atoms with van der Waals surface area (Å²) in [6, 6.07) is 33.5. The van der Waals surface area contributed by atoms with Crippen LogP contribution in [0.1, 0.15) is 16.7 Å². The van der Waals surface area contributed by atoms with Crippen LogP contribution in [0.5, 0.6) is 11.5 Å². The number of amides is 1. The Morgan fingerprint density at radius 1 is 0.806 bits per heavy atom. The highest BCUT2D eigenvalue weighted by molar-refractivity contribution is 6.30. The van der Waals surface area contributed by atoms with E-state index in [-0.39, 0.29) is 5.57 Å². The van der Waals surface area contributed by atoms with Crippen molar-refractivity contribution in [2.45, 2.75) is 13.2 Å². The lowest BCUT2D eigenvalue weighted by Gasteiger charge is -2.09. The lowest BCUT2D eigenvalue weighted by Crippen LogP contribution is -2.13. The third kappa shape index (κ3) is 7.23. The zero-order valence-corrected chi connectivity index (χ0v) is 20.1. The van der Waals surface area contributed by atoms with Gasteiger partial charge in [-0.25, -0.2) is 0 Å². The van der Waals surface area contributed by atoms with Gasteiger partial charge in [0.15, 0.2) is 0 Å². The molecular weight excluding hydrogens is 472 g/mol. The van der Waals surface area contributed by atoms with Crippen LogP contribution in [-0.2, 0) is 18.0 Å². The summed E-state index contributed by atoms with van der Waals surface area (Å²) in [6.07, 6.45) is 1.53. The van der Waals surface area contributed by atoms with E-state index < -0.39 is 5.91 Å². The Hall–Kier alpha value is -4.53. The van der Waals surface area contributed by atoms with E-state index in [4.69, 9.17) is 21.1 Å². The van der Waals surface area contributed by atoms with Crippen molar-refractivity contribution in [1.29, 1.82) is 5.26 Å². The average molecular weight is 495 g/mol. The molecule has 0 heterocycles. The molecule has 0 atom stereocenters. The molecule has 0 spiro atoms. The highest BCUT2D eigenvalue weighted by Gasteiger charge is 2.10. The van der Waals surface area contributed by atoms with Gasteiger partial charge in [-0.15, -0.1) is 0 Å². The maximum atomic E-state index is 12.7. The van der Waals surface area contributed by atoms with Crippen molar-refractivity contribution in [3.05, 3.63) is 130 Å². The number of nitrogens with zero attached hydrogens (tertiary/aromatic N) is 1. The molecule has 178 valence electrons. The molecule has 0 aliphatic heterocycles. The van der Waals surface area contributed by atoms with Crippen molar-refractivity contribution in [3.63, 3.8) is 0 Å². The Balaban J connectivity index is 1.35. The van der Waals surface area contributed by atoms with Gasteiger partial charge in [-0.3, -0.25) is 4.79 Å². The van der Waals surface area contributed by atoms with E-state index in [0.717, 1.165) is 11.1 Å². The van der Waals surface area contributed by atoms with Crippen LogP contribution in [0, 0.1) is 11.3 Å². The second kappa shape index (κ2) is 12.3. The van der Waals surface area contributed by atoms with Crippen LogP contribution >= 0.6 is 11.6 Å². The minimum absolute atomic E-state index is 0.0192. The van der Waals surface area contributed by atoms with E-state index >= 15 is 0 Å². The molecule has 0 bridgehead atoms. The van der Waals surface area contributed by atoms with E-state index in [9.17, 15) is 10.1 Å². The summed E-state index contributed by atoms with van der Waals surface area (Å²) in [6.45, 7) is 0.831. The van der Waals surface area contributed by atoms with Crippen LogP contribution in [0.25, 0.3) is 6.08 Å². The highest BCUT2D eigenvalue weighted by atomic mass is 35.5. The molecule has 0 fully saturated rings. The molecule has 0 saturated heterocycles. The molecule has 0 unspecified atom stereocenters. The first-order chi connectivity index (χ1) is 17.6. The Bertz CT molecular complexity index is 1380. The number of carbonyl (C=O) groups is 1. The topological polar surface area (TPSA) is 71.3 Å². The number of halogens is 1. The van der Waals surface area contributed by atoms with Crippen LogP contribution < -0.4 is 14.8 Å². The van der Waals surface area contributed by atoms with Crippen LogP contribution in [0.3, 0.4) is 0 Å². The molecule has 0 aliphatic rings. The van der Waals surface area contributed by atoms with E-state index in [1.165, 1.54) is 6.08 Å². The summed E-state index contributed by atoms with van der Waals surface area (Å²) in [4.78, 5) is 12.7. The van der Waals surface area contributed by atoms with Crippen LogP contribution in [0.2, 0.25) is 5.02 Å². The smallest absolute Gasteiger partial charge is 0.266 e. The number of rotatable bonds is 9. The fourth-order valence-corrected chi connectivity index (χ4v) is 3.46. The second-order valence-electron chi connectivity index (χ2n) is 7.91. The number of carbonyl (C=O) groups excluding carboxylic acids is 1. The number of benzene rings is 4. The van der Waals surface area contributed by atoms with Gasteiger partial charge in [0.2, 0.25) is 0 Å². The summed E-state index contributed by atoms with van der Waals surface area (Å²) < 4.78 is 11.6. The molecule has 4 aromatic rings. The van der Waals surface area contributed by atoms with Crippen molar-refractivity contribution >= 4 is 29.3 Å². The first-order valence-corrected chi connectivity index (χ1v) is 11.6. The third-order valence-corrected chi connectivity index (χ3v) is 5.47. The molecule has 4 rings (SSSR count). The molecule has 4 aromatic carbocycles. The van der Waals surface area contributed by atoms with Gasteiger partial charge in [-0.1, -0.05) is 66.2 Å². The molecule has 6 heteroatoms. The highest BCUT2D eigenvalue weighted by Crippen LogP contribution is 2.20. The quantitative estimate of drug-likeness (QED) is 0.200. The predicted molar refractivity (Wildman–Crippen MR) is 142 cm³/mol. The van der Waals surface area contributed by atoms with Crippen LogP contribution in [0.15, 0.2) is 109 Å². The molecular formula is C30H23ClN2O3. The molecule has 1 amide bonds. The molecule has 0 radical (unpaired) electrons. The molecule has 0 aliphatic carbocycles. The van der Waals surface area contributed by atoms with E-state index in [1.54, 1.807) is 36.4 Å². The molecule has 1 N–H and O–H groups in total. The average Bonchev–Trinajstić information content (AvgIpc) is 2.92. The summed E-state index contributed by atoms with van der Waals surface area (Å²) in [5.74, 6) is 0.814. The lowest BCUT2D eigenvalue weighted by molar-refractivity contribution is -0.112. The maximum Gasteiger partial charge on any atom is 0.266 e. The molecule has 5 nitrogen and oxygen atoms in total. The third-order valence-electron chi connectivity index (χ3n) is 5.21. The van der Waals surface area contributed by atoms with Gasteiger partial charge >= 0.3 is 0 Å². The van der Waals surface area contributed by atoms with E-state index in [1.807, 2.05) is 72.8 Å². The second-order valence-corrected chi connectivity index (χ2v) is 8.35. The summed E-state index contributed by atoms with van der Waals surface area (Å²) >= 11 is 5.92. The van der Waals surface area contributed by atoms with Gasteiger partial charge in [0.1, 0.15) is 36.4 Å². The van der Waals surface area contributed by atoms with Crippen LogP contribution in [0.4, 0.5) is 5.69 Å². The predicted octanol–water partition coefficient (Wildman–Crippen LogP) is 7.04. The van der Waals surface area contributed by atoms with Crippen LogP contribution in [-0.4, -0.2) is 5.91 Å². The first-order valence-electron chi connectivity index (χ1n) is 11.3. The number of nitriles is 1. The number of ether oxygens (including phenoxy) is 2. The van der Waals surface area contributed by atoms with Gasteiger partial charge in [-0.2, -0.15) is 5.26 Å². The van der Waals surface area contributed by atoms with Gasteiger partial charge < -0.3 is 14.8 Å². The Labute approximate surface area is 215 Å². The van der Waals surface area contributed by atoms with E-state index in [2.05, 4.69) is 5.32 Å². The molecule has 0 aromatic heterocycles. The standard InChI is InChI=1S/C30H23ClN2O3/c31-26-11-9-23(10-12-26)21-36-29-8-4-7-24(18-29)17-25(19-32)30(34)33-27-13-15-28(16-14-27)35-20-22-5-2-1-3-6-22/h1-18H,20-21H2,(H,33,34)/b25-17-. The minimum Gasteiger partial charge on any atom is -0.489 e. The molecule has 36 heavy (non-hydrogen) atoms. The monoisotopic (exact) mass is 494 g/mol. The Morgan fingerprint density at radius 2 is 1.47 bits per heavy atom. The number of hydrogen-bond donors (Lipinski definition) is 1. The Kier molecular flexibility index (Phi) is 8.37. The van der Waals surface area contributed by atoms with Gasteiger partial charge in [-0.05, 0) is 71.3 Å². The molecule has 0 saturated carbocycles. The number of hydrogen-bond acceptors (Lipinski definition) is 4. The zero-order valence-electron chi connectivity index (χ0n) is 19.4. The fraction of sp³-hybridized carbons (Fsp3) is 0.0667. The summed E-state index contributed by atoms with van der Waals surface area (Å²) in [5, 5.41) is 13.0. The first kappa shape index (κ1) is 24.6. The lowest BCUT2D eigenvalue weighted by atomic mass is 10.1. The zero-order chi connectivity index (χ0) is 25.2. The fourth-order valence-electron chi connectivity index (χ4n) is 3.33. The Morgan fingerprint density at radius 3 is 2.17 bits per heavy atom. The van der Waals surface area contributed by atoms with Gasteiger partial charge in [0, 0.05) is 10.7 Å². The van der Waals surface area contributed by atoms with E-state index in [0.29, 0.717) is 41.0 Å². The van der Waals surface area contributed by atoms with Crippen molar-refractivity contribution < 1.29 is 14.3 Å².